The van der Waals surface area contributed by atoms with Crippen LogP contribution in [0.4, 0.5) is 5.69 Å². The second kappa shape index (κ2) is 7.20. The lowest BCUT2D eigenvalue weighted by Gasteiger charge is -2.36. The molecule has 2 aliphatic heterocycles. The van der Waals surface area contributed by atoms with E-state index < -0.39 is 0 Å². The van der Waals surface area contributed by atoms with E-state index >= 15 is 0 Å². The summed E-state index contributed by atoms with van der Waals surface area (Å²) in [5, 5.41) is 0.847. The monoisotopic (exact) mass is 321 g/mol. The largest absolute Gasteiger partial charge is 0.370 e. The molecule has 0 aromatic heterocycles. The van der Waals surface area contributed by atoms with Gasteiger partial charge >= 0.3 is 0 Å². The molecule has 0 radical (unpaired) electrons. The molecule has 0 spiro atoms. The van der Waals surface area contributed by atoms with E-state index in [-0.39, 0.29) is 0 Å². The second-order valence-corrected chi connectivity index (χ2v) is 6.27. The molecule has 3 rings (SSSR count). The van der Waals surface area contributed by atoms with Gasteiger partial charge in [0.2, 0.25) is 0 Å². The molecule has 1 saturated heterocycles. The molecule has 0 saturated carbocycles. The number of para-hydroxylation sites is 1. The van der Waals surface area contributed by atoms with Crippen LogP contribution in [0.15, 0.2) is 29.3 Å². The van der Waals surface area contributed by atoms with Crippen LogP contribution in [0.2, 0.25) is 5.02 Å². The first-order chi connectivity index (χ1) is 10.7. The molecule has 2 aliphatic rings. The summed E-state index contributed by atoms with van der Waals surface area (Å²) < 4.78 is 0. The Balaban J connectivity index is 1.40. The minimum atomic E-state index is 0.712. The van der Waals surface area contributed by atoms with Crippen molar-refractivity contribution >= 4 is 23.2 Å². The van der Waals surface area contributed by atoms with Crippen LogP contribution in [-0.4, -0.2) is 68.1 Å². The fourth-order valence-electron chi connectivity index (χ4n) is 3.13. The molecule has 0 amide bonds. The predicted molar refractivity (Wildman–Crippen MR) is 92.8 cm³/mol. The third-order valence-electron chi connectivity index (χ3n) is 4.44. The predicted octanol–water partition coefficient (Wildman–Crippen LogP) is 1.48. The zero-order valence-electron chi connectivity index (χ0n) is 12.9. The van der Waals surface area contributed by atoms with Crippen LogP contribution >= 0.6 is 11.6 Å². The lowest BCUT2D eigenvalue weighted by atomic mass is 10.2. The van der Waals surface area contributed by atoms with Gasteiger partial charge in [0.15, 0.2) is 5.96 Å². The average Bonchev–Trinajstić information content (AvgIpc) is 2.94. The van der Waals surface area contributed by atoms with Gasteiger partial charge in [-0.1, -0.05) is 23.7 Å². The SMILES string of the molecule is NC1=NCCN1CCCN1CCN(c2ccccc2Cl)CC1. The first kappa shape index (κ1) is 15.4. The van der Waals surface area contributed by atoms with Crippen molar-refractivity contribution in [3.63, 3.8) is 0 Å². The number of guanidine groups is 1. The maximum absolute atomic E-state index is 6.28. The van der Waals surface area contributed by atoms with E-state index in [1.54, 1.807) is 0 Å². The summed E-state index contributed by atoms with van der Waals surface area (Å²) in [6.45, 7) is 8.23. The minimum absolute atomic E-state index is 0.712. The molecular formula is C16H24ClN5. The summed E-state index contributed by atoms with van der Waals surface area (Å²) in [6, 6.07) is 8.10. The zero-order chi connectivity index (χ0) is 15.4. The molecule has 0 unspecified atom stereocenters. The van der Waals surface area contributed by atoms with E-state index in [0.29, 0.717) is 5.96 Å². The van der Waals surface area contributed by atoms with Crippen molar-refractivity contribution in [2.75, 3.05) is 57.3 Å². The standard InChI is InChI=1S/C16H24ClN5/c17-14-4-1-2-5-15(14)21-12-10-20(11-13-21)7-3-8-22-9-6-19-16(22)18/h1-2,4-5H,3,6-13H2,(H2,18,19). The Morgan fingerprint density at radius 2 is 1.82 bits per heavy atom. The van der Waals surface area contributed by atoms with Crippen molar-refractivity contribution in [3.05, 3.63) is 29.3 Å². The van der Waals surface area contributed by atoms with Crippen LogP contribution in [0.5, 0.6) is 0 Å². The highest BCUT2D eigenvalue weighted by Gasteiger charge is 2.19. The molecule has 6 heteroatoms. The fourth-order valence-corrected chi connectivity index (χ4v) is 3.39. The Kier molecular flexibility index (Phi) is 5.05. The van der Waals surface area contributed by atoms with Crippen LogP contribution in [-0.2, 0) is 0 Å². The summed E-state index contributed by atoms with van der Waals surface area (Å²) in [7, 11) is 0. The number of rotatable bonds is 5. The minimum Gasteiger partial charge on any atom is -0.370 e. The molecular weight excluding hydrogens is 298 g/mol. The van der Waals surface area contributed by atoms with Gasteiger partial charge < -0.3 is 15.5 Å². The number of anilines is 1. The number of halogens is 1. The fraction of sp³-hybridized carbons (Fsp3) is 0.562. The van der Waals surface area contributed by atoms with Gasteiger partial charge in [0.05, 0.1) is 17.3 Å². The summed E-state index contributed by atoms with van der Waals surface area (Å²) in [5.74, 6) is 0.712. The molecule has 22 heavy (non-hydrogen) atoms. The molecule has 1 fully saturated rings. The normalized spacial score (nSPS) is 19.6. The number of nitrogens with two attached hydrogens (primary N) is 1. The highest BCUT2D eigenvalue weighted by atomic mass is 35.5. The topological polar surface area (TPSA) is 48.1 Å². The molecule has 1 aromatic carbocycles. The van der Waals surface area contributed by atoms with Crippen LogP contribution < -0.4 is 10.6 Å². The van der Waals surface area contributed by atoms with Gasteiger partial charge in [0, 0.05) is 39.3 Å². The molecule has 5 nitrogen and oxygen atoms in total. The van der Waals surface area contributed by atoms with E-state index in [0.717, 1.165) is 69.5 Å². The quantitative estimate of drug-likeness (QED) is 0.892. The van der Waals surface area contributed by atoms with Gasteiger partial charge in [-0.05, 0) is 25.1 Å². The van der Waals surface area contributed by atoms with Crippen LogP contribution in [0, 0.1) is 0 Å². The number of hydrogen-bond acceptors (Lipinski definition) is 5. The molecule has 2 N–H and O–H groups in total. The number of piperazine rings is 1. The van der Waals surface area contributed by atoms with Crippen molar-refractivity contribution in [1.82, 2.24) is 9.80 Å². The van der Waals surface area contributed by atoms with Gasteiger partial charge in [0.1, 0.15) is 0 Å². The molecule has 120 valence electrons. The Labute approximate surface area is 137 Å². The van der Waals surface area contributed by atoms with Crippen molar-refractivity contribution < 1.29 is 0 Å². The summed E-state index contributed by atoms with van der Waals surface area (Å²) in [6.07, 6.45) is 1.14. The average molecular weight is 322 g/mol. The number of benzene rings is 1. The molecule has 0 atom stereocenters. The summed E-state index contributed by atoms with van der Waals surface area (Å²) in [4.78, 5) is 11.3. The van der Waals surface area contributed by atoms with Crippen LogP contribution in [0.3, 0.4) is 0 Å². The van der Waals surface area contributed by atoms with Crippen LogP contribution in [0.25, 0.3) is 0 Å². The highest BCUT2D eigenvalue weighted by molar-refractivity contribution is 6.33. The van der Waals surface area contributed by atoms with Gasteiger partial charge in [-0.2, -0.15) is 0 Å². The summed E-state index contributed by atoms with van der Waals surface area (Å²) >= 11 is 6.28. The second-order valence-electron chi connectivity index (χ2n) is 5.86. The molecule has 0 bridgehead atoms. The van der Waals surface area contributed by atoms with Crippen molar-refractivity contribution in [2.24, 2.45) is 10.7 Å². The Morgan fingerprint density at radius 1 is 1.05 bits per heavy atom. The summed E-state index contributed by atoms with van der Waals surface area (Å²) in [5.41, 5.74) is 7.00. The van der Waals surface area contributed by atoms with Crippen LogP contribution in [0.1, 0.15) is 6.42 Å². The first-order valence-electron chi connectivity index (χ1n) is 8.01. The zero-order valence-corrected chi connectivity index (χ0v) is 13.7. The molecule has 2 heterocycles. The lowest BCUT2D eigenvalue weighted by molar-refractivity contribution is 0.246. The number of aliphatic imine (C=N–C) groups is 1. The Bertz CT molecular complexity index is 525. The van der Waals surface area contributed by atoms with E-state index in [4.69, 9.17) is 17.3 Å². The third kappa shape index (κ3) is 3.65. The maximum Gasteiger partial charge on any atom is 0.191 e. The Hall–Kier alpha value is -1.46. The first-order valence-corrected chi connectivity index (χ1v) is 8.38. The van der Waals surface area contributed by atoms with E-state index in [1.165, 1.54) is 0 Å². The van der Waals surface area contributed by atoms with Gasteiger partial charge in [-0.25, -0.2) is 0 Å². The molecule has 0 aliphatic carbocycles. The van der Waals surface area contributed by atoms with E-state index in [9.17, 15) is 0 Å². The number of nitrogens with zero attached hydrogens (tertiary/aromatic N) is 4. The Morgan fingerprint density at radius 3 is 2.50 bits per heavy atom. The van der Waals surface area contributed by atoms with Crippen molar-refractivity contribution in [3.8, 4) is 0 Å². The molecule has 1 aromatic rings. The van der Waals surface area contributed by atoms with Crippen molar-refractivity contribution in [2.45, 2.75) is 6.42 Å². The van der Waals surface area contributed by atoms with Gasteiger partial charge in [0.25, 0.3) is 0 Å². The number of hydrogen-bond donors (Lipinski definition) is 1. The smallest absolute Gasteiger partial charge is 0.191 e. The highest BCUT2D eigenvalue weighted by Crippen LogP contribution is 2.25. The van der Waals surface area contributed by atoms with E-state index in [1.807, 2.05) is 12.1 Å². The third-order valence-corrected chi connectivity index (χ3v) is 4.76. The van der Waals surface area contributed by atoms with E-state index in [2.05, 4.69) is 31.8 Å². The maximum atomic E-state index is 6.28. The van der Waals surface area contributed by atoms with Gasteiger partial charge in [-0.15, -0.1) is 0 Å². The van der Waals surface area contributed by atoms with Gasteiger partial charge in [-0.3, -0.25) is 9.89 Å². The van der Waals surface area contributed by atoms with Crippen molar-refractivity contribution in [1.29, 1.82) is 0 Å². The lowest BCUT2D eigenvalue weighted by Crippen LogP contribution is -2.47.